The lowest BCUT2D eigenvalue weighted by atomic mass is 9.90. The van der Waals surface area contributed by atoms with E-state index in [1.54, 1.807) is 0 Å². The highest BCUT2D eigenvalue weighted by molar-refractivity contribution is 9.11. The molecule has 5 heteroatoms. The molecule has 0 atom stereocenters. The molecule has 0 fully saturated rings. The summed E-state index contributed by atoms with van der Waals surface area (Å²) in [5.41, 5.74) is 7.09. The Balaban J connectivity index is 1.71. The summed E-state index contributed by atoms with van der Waals surface area (Å²) < 4.78 is 8.10. The highest BCUT2D eigenvalue weighted by atomic mass is 79.9. The van der Waals surface area contributed by atoms with Crippen molar-refractivity contribution in [3.05, 3.63) is 73.6 Å². The molecule has 2 heterocycles. The van der Waals surface area contributed by atoms with Gasteiger partial charge in [0, 0.05) is 32.1 Å². The summed E-state index contributed by atoms with van der Waals surface area (Å²) in [6.45, 7) is 2.09. The molecule has 3 aromatic rings. The van der Waals surface area contributed by atoms with Gasteiger partial charge in [-0.2, -0.15) is 0 Å². The summed E-state index contributed by atoms with van der Waals surface area (Å²) in [5.74, 6) is 1.73. The smallest absolute Gasteiger partial charge is 0.256 e. The first-order valence-electron chi connectivity index (χ1n) is 9.75. The third-order valence-corrected chi connectivity index (χ3v) is 6.73. The molecule has 1 aliphatic carbocycles. The van der Waals surface area contributed by atoms with Gasteiger partial charge in [-0.05, 0) is 65.9 Å². The highest BCUT2D eigenvalue weighted by Crippen LogP contribution is 2.43. The van der Waals surface area contributed by atoms with Crippen molar-refractivity contribution in [3.63, 3.8) is 0 Å². The maximum atomic E-state index is 12.8. The van der Waals surface area contributed by atoms with E-state index >= 15 is 0 Å². The van der Waals surface area contributed by atoms with E-state index in [0.717, 1.165) is 62.1 Å². The Morgan fingerprint density at radius 3 is 2.62 bits per heavy atom. The Labute approximate surface area is 186 Å². The van der Waals surface area contributed by atoms with Gasteiger partial charge in [0.1, 0.15) is 11.5 Å². The number of anilines is 1. The zero-order valence-electron chi connectivity index (χ0n) is 15.9. The number of hydrogen-bond donors (Lipinski definition) is 1. The topological polar surface area (TPSA) is 42.2 Å². The third kappa shape index (κ3) is 3.30. The lowest BCUT2D eigenvalue weighted by Crippen LogP contribution is -2.03. The maximum absolute atomic E-state index is 12.8. The summed E-state index contributed by atoms with van der Waals surface area (Å²) in [4.78, 5) is 12.8. The first-order chi connectivity index (χ1) is 14.0. The number of fused-ring (bicyclic) bond motifs is 2. The summed E-state index contributed by atoms with van der Waals surface area (Å²) >= 11 is 7.08. The average Bonchev–Trinajstić information content (AvgIpc) is 3.21. The molecule has 0 spiro atoms. The van der Waals surface area contributed by atoms with E-state index in [0.29, 0.717) is 5.57 Å². The van der Waals surface area contributed by atoms with Crippen molar-refractivity contribution in [2.24, 2.45) is 0 Å². The molecule has 5 rings (SSSR count). The third-order valence-electron chi connectivity index (χ3n) is 5.64. The Bertz CT molecular complexity index is 1170. The Morgan fingerprint density at radius 1 is 1.07 bits per heavy atom. The number of amides is 1. The number of carbonyl (C=O) groups is 1. The number of carbonyl (C=O) groups excluding carboxylic acids is 1. The molecule has 3 nitrogen and oxygen atoms in total. The van der Waals surface area contributed by atoms with Crippen molar-refractivity contribution < 1.29 is 9.21 Å². The van der Waals surface area contributed by atoms with Crippen LogP contribution in [0, 0.1) is 6.92 Å². The van der Waals surface area contributed by atoms with Crippen LogP contribution in [0.2, 0.25) is 0 Å². The van der Waals surface area contributed by atoms with Crippen molar-refractivity contribution >= 4 is 55.1 Å². The molecular formula is C24H19Br2NO2. The van der Waals surface area contributed by atoms with E-state index < -0.39 is 0 Å². The van der Waals surface area contributed by atoms with Gasteiger partial charge in [0.15, 0.2) is 0 Å². The number of benzene rings is 2. The molecule has 1 N–H and O–H groups in total. The number of aryl methyl sites for hydroxylation is 2. The van der Waals surface area contributed by atoms with Crippen molar-refractivity contribution in [2.45, 2.75) is 32.6 Å². The van der Waals surface area contributed by atoms with E-state index in [4.69, 9.17) is 4.42 Å². The van der Waals surface area contributed by atoms with Gasteiger partial charge >= 0.3 is 0 Å². The Hall–Kier alpha value is -2.11. The van der Waals surface area contributed by atoms with Crippen molar-refractivity contribution in [2.75, 3.05) is 5.32 Å². The van der Waals surface area contributed by atoms with Crippen molar-refractivity contribution in [1.82, 2.24) is 0 Å². The lowest BCUT2D eigenvalue weighted by molar-refractivity contribution is -0.110. The van der Waals surface area contributed by atoms with Crippen molar-refractivity contribution in [3.8, 4) is 11.1 Å². The monoisotopic (exact) mass is 511 g/mol. The lowest BCUT2D eigenvalue weighted by Gasteiger charge is -2.11. The maximum Gasteiger partial charge on any atom is 0.256 e. The van der Waals surface area contributed by atoms with E-state index in [1.807, 2.05) is 18.2 Å². The molecule has 0 saturated carbocycles. The van der Waals surface area contributed by atoms with Crippen LogP contribution < -0.4 is 5.32 Å². The summed E-state index contributed by atoms with van der Waals surface area (Å²) in [5, 5.41) is 2.98. The Morgan fingerprint density at radius 2 is 1.83 bits per heavy atom. The minimum absolute atomic E-state index is 0.108. The fourth-order valence-corrected chi connectivity index (χ4v) is 5.54. The molecule has 0 unspecified atom stereocenters. The van der Waals surface area contributed by atoms with Gasteiger partial charge in [-0.1, -0.05) is 45.8 Å². The second-order valence-corrected chi connectivity index (χ2v) is 9.41. The summed E-state index contributed by atoms with van der Waals surface area (Å²) in [6.07, 6.45) is 6.20. The molecule has 1 aliphatic heterocycles. The van der Waals surface area contributed by atoms with E-state index in [9.17, 15) is 4.79 Å². The number of rotatable bonds is 2. The Kier molecular flexibility index (Phi) is 4.75. The first-order valence-corrected chi connectivity index (χ1v) is 11.3. The second kappa shape index (κ2) is 7.29. The van der Waals surface area contributed by atoms with Gasteiger partial charge in [-0.15, -0.1) is 0 Å². The van der Waals surface area contributed by atoms with Crippen LogP contribution in [0.1, 0.15) is 41.1 Å². The van der Waals surface area contributed by atoms with Gasteiger partial charge in [0.2, 0.25) is 0 Å². The molecule has 1 aromatic heterocycles. The molecule has 2 aliphatic rings. The number of halogens is 2. The predicted octanol–water partition coefficient (Wildman–Crippen LogP) is 7.15. The fraction of sp³-hybridized carbons (Fsp3) is 0.208. The SMILES string of the molecule is Cc1ccc(-c2c(C=C3C(=O)Nc4c(Br)cc(Br)cc43)oc3c2CCCC3)cc1. The molecule has 1 amide bonds. The summed E-state index contributed by atoms with van der Waals surface area (Å²) in [7, 11) is 0. The quantitative estimate of drug-likeness (QED) is 0.370. The van der Waals surface area contributed by atoms with Crippen LogP contribution in [0.15, 0.2) is 49.8 Å². The van der Waals surface area contributed by atoms with Crippen LogP contribution in [0.25, 0.3) is 22.8 Å². The van der Waals surface area contributed by atoms with E-state index in [1.165, 1.54) is 17.5 Å². The number of hydrogen-bond acceptors (Lipinski definition) is 2. The van der Waals surface area contributed by atoms with E-state index in [-0.39, 0.29) is 5.91 Å². The van der Waals surface area contributed by atoms with E-state index in [2.05, 4.69) is 68.4 Å². The van der Waals surface area contributed by atoms with Crippen molar-refractivity contribution in [1.29, 1.82) is 0 Å². The standard InChI is InChI=1S/C24H19Br2NO2/c1-13-6-8-14(9-7-13)22-16-4-2-3-5-20(16)29-21(22)12-18-17-10-15(25)11-19(26)23(17)27-24(18)28/h6-12H,2-5H2,1H3,(H,27,28). The predicted molar refractivity (Wildman–Crippen MR) is 124 cm³/mol. The average molecular weight is 513 g/mol. The van der Waals surface area contributed by atoms with Crippen LogP contribution >= 0.6 is 31.9 Å². The molecule has 0 bridgehead atoms. The molecular weight excluding hydrogens is 494 g/mol. The van der Waals surface area contributed by atoms with Crippen LogP contribution in [0.3, 0.4) is 0 Å². The van der Waals surface area contributed by atoms with Gasteiger partial charge < -0.3 is 9.73 Å². The van der Waals surface area contributed by atoms with Gasteiger partial charge in [0.25, 0.3) is 5.91 Å². The largest absolute Gasteiger partial charge is 0.461 e. The zero-order valence-corrected chi connectivity index (χ0v) is 19.1. The second-order valence-electron chi connectivity index (χ2n) is 7.64. The number of furan rings is 1. The molecule has 0 radical (unpaired) electrons. The van der Waals surface area contributed by atoms with Gasteiger partial charge in [-0.3, -0.25) is 4.79 Å². The zero-order chi connectivity index (χ0) is 20.1. The van der Waals surface area contributed by atoms with Crippen LogP contribution in [-0.2, 0) is 17.6 Å². The normalized spacial score (nSPS) is 16.7. The summed E-state index contributed by atoms with van der Waals surface area (Å²) in [6, 6.07) is 12.4. The minimum atomic E-state index is -0.108. The van der Waals surface area contributed by atoms with Crippen LogP contribution in [0.4, 0.5) is 5.69 Å². The van der Waals surface area contributed by atoms with Gasteiger partial charge in [-0.25, -0.2) is 0 Å². The van der Waals surface area contributed by atoms with Crippen LogP contribution in [-0.4, -0.2) is 5.91 Å². The molecule has 146 valence electrons. The highest BCUT2D eigenvalue weighted by Gasteiger charge is 2.29. The molecule has 2 aromatic carbocycles. The van der Waals surface area contributed by atoms with Gasteiger partial charge in [0.05, 0.1) is 11.3 Å². The number of nitrogens with one attached hydrogen (secondary N) is 1. The molecule has 0 saturated heterocycles. The fourth-order valence-electron chi connectivity index (χ4n) is 4.22. The minimum Gasteiger partial charge on any atom is -0.461 e. The molecule has 29 heavy (non-hydrogen) atoms. The first kappa shape index (κ1) is 18.9. The van der Waals surface area contributed by atoms with Crippen LogP contribution in [0.5, 0.6) is 0 Å².